The van der Waals surface area contributed by atoms with Gasteiger partial charge in [0, 0.05) is 0 Å². The zero-order valence-electron chi connectivity index (χ0n) is 9.27. The van der Waals surface area contributed by atoms with Crippen molar-refractivity contribution < 1.29 is 0 Å². The zero-order valence-corrected chi connectivity index (χ0v) is 9.27. The zero-order chi connectivity index (χ0) is 11.4. The highest BCUT2D eigenvalue weighted by atomic mass is 16.1. The van der Waals surface area contributed by atoms with Gasteiger partial charge in [0.05, 0.1) is 17.3 Å². The Labute approximate surface area is 88.9 Å². The van der Waals surface area contributed by atoms with E-state index >= 15 is 0 Å². The van der Waals surface area contributed by atoms with Crippen LogP contribution in [0.2, 0.25) is 0 Å². The summed E-state index contributed by atoms with van der Waals surface area (Å²) in [6.45, 7) is 9.26. The lowest BCUT2D eigenvalue weighted by Gasteiger charge is -2.08. The van der Waals surface area contributed by atoms with Crippen LogP contribution in [0.15, 0.2) is 17.4 Å². The predicted molar refractivity (Wildman–Crippen MR) is 61.5 cm³/mol. The minimum absolute atomic E-state index is 0.00311. The molecule has 15 heavy (non-hydrogen) atoms. The molecular weight excluding hydrogens is 190 g/mol. The average Bonchev–Trinajstić information content (AvgIpc) is 2.18. The second-order valence-corrected chi connectivity index (χ2v) is 3.44. The lowest BCUT2D eigenvalue weighted by molar-refractivity contribution is 0.472. The van der Waals surface area contributed by atoms with Gasteiger partial charge in [-0.15, -0.1) is 5.10 Å². The molecule has 0 spiro atoms. The van der Waals surface area contributed by atoms with Crippen LogP contribution in [0.5, 0.6) is 0 Å². The van der Waals surface area contributed by atoms with Crippen LogP contribution in [0.1, 0.15) is 38.1 Å². The van der Waals surface area contributed by atoms with E-state index in [2.05, 4.69) is 16.9 Å². The third-order valence-electron chi connectivity index (χ3n) is 1.98. The van der Waals surface area contributed by atoms with Crippen LogP contribution in [-0.2, 0) is 0 Å². The van der Waals surface area contributed by atoms with E-state index in [0.29, 0.717) is 11.3 Å². The van der Waals surface area contributed by atoms with E-state index in [1.165, 1.54) is 10.8 Å². The summed E-state index contributed by atoms with van der Waals surface area (Å²) >= 11 is 0. The summed E-state index contributed by atoms with van der Waals surface area (Å²) in [5.74, 6) is 0. The van der Waals surface area contributed by atoms with Crippen molar-refractivity contribution in [3.05, 3.63) is 34.3 Å². The molecule has 0 aliphatic carbocycles. The summed E-state index contributed by atoms with van der Waals surface area (Å²) < 4.78 is 1.35. The fraction of sp³-hybridized carbons (Fsp3) is 0.364. The number of allylic oxidation sites excluding steroid dienone is 1. The van der Waals surface area contributed by atoms with Gasteiger partial charge in [0.2, 0.25) is 0 Å². The van der Waals surface area contributed by atoms with Crippen molar-refractivity contribution in [3.63, 3.8) is 0 Å². The Bertz CT molecular complexity index is 444. The number of hydrogen-bond donors (Lipinski definition) is 0. The van der Waals surface area contributed by atoms with Crippen LogP contribution in [0.25, 0.3) is 12.2 Å². The van der Waals surface area contributed by atoms with Crippen LogP contribution in [0.3, 0.4) is 0 Å². The molecule has 0 atom stereocenters. The summed E-state index contributed by atoms with van der Waals surface area (Å²) in [4.78, 5) is 11.9. The number of nitrogens with zero attached hydrogens (tertiary/aromatic N) is 3. The third kappa shape index (κ3) is 2.21. The van der Waals surface area contributed by atoms with E-state index in [0.717, 1.165) is 0 Å². The first-order valence-corrected chi connectivity index (χ1v) is 4.86. The van der Waals surface area contributed by atoms with Crippen molar-refractivity contribution >= 4 is 12.2 Å². The second-order valence-electron chi connectivity index (χ2n) is 3.44. The molecule has 1 aromatic rings. The molecule has 0 saturated carbocycles. The van der Waals surface area contributed by atoms with Gasteiger partial charge in [-0.25, -0.2) is 4.68 Å². The van der Waals surface area contributed by atoms with Gasteiger partial charge in [-0.05, 0) is 26.8 Å². The molecule has 0 N–H and O–H groups in total. The van der Waals surface area contributed by atoms with Crippen molar-refractivity contribution in [3.8, 4) is 0 Å². The molecule has 0 aromatic carbocycles. The van der Waals surface area contributed by atoms with Gasteiger partial charge in [-0.3, -0.25) is 4.79 Å². The van der Waals surface area contributed by atoms with Crippen LogP contribution in [0, 0.1) is 0 Å². The molecule has 1 rings (SSSR count). The monoisotopic (exact) mass is 205 g/mol. The molecule has 0 saturated heterocycles. The topological polar surface area (TPSA) is 47.8 Å². The van der Waals surface area contributed by atoms with Gasteiger partial charge >= 0.3 is 0 Å². The summed E-state index contributed by atoms with van der Waals surface area (Å²) in [6.07, 6.45) is 5.08. The van der Waals surface area contributed by atoms with Crippen molar-refractivity contribution in [2.45, 2.75) is 26.8 Å². The molecule has 0 aliphatic rings. The number of hydrogen-bond acceptors (Lipinski definition) is 3. The van der Waals surface area contributed by atoms with Gasteiger partial charge in [0.1, 0.15) is 0 Å². The highest BCUT2D eigenvalue weighted by Crippen LogP contribution is 2.05. The van der Waals surface area contributed by atoms with Gasteiger partial charge < -0.3 is 0 Å². The fourth-order valence-corrected chi connectivity index (χ4v) is 1.23. The average molecular weight is 205 g/mol. The number of aromatic nitrogens is 3. The van der Waals surface area contributed by atoms with Gasteiger partial charge in [-0.2, -0.15) is 0 Å². The molecule has 80 valence electrons. The quantitative estimate of drug-likeness (QED) is 0.757. The first kappa shape index (κ1) is 11.4. The Morgan fingerprint density at radius 3 is 2.60 bits per heavy atom. The molecule has 0 aliphatic heterocycles. The first-order chi connectivity index (χ1) is 7.11. The lowest BCUT2D eigenvalue weighted by Crippen LogP contribution is -2.28. The molecular formula is C11H15N3O. The van der Waals surface area contributed by atoms with Gasteiger partial charge in [0.15, 0.2) is 0 Å². The smallest absolute Gasteiger partial charge is 0.267 e. The van der Waals surface area contributed by atoms with E-state index in [4.69, 9.17) is 0 Å². The minimum Gasteiger partial charge on any atom is -0.267 e. The molecule has 4 heteroatoms. The second kappa shape index (κ2) is 4.68. The minimum atomic E-state index is -0.150. The fourth-order valence-electron chi connectivity index (χ4n) is 1.23. The molecule has 1 heterocycles. The summed E-state index contributed by atoms with van der Waals surface area (Å²) in [6, 6.07) is 0.00311. The molecule has 1 aromatic heterocycles. The molecule has 4 nitrogen and oxygen atoms in total. The maximum absolute atomic E-state index is 11.9. The molecule has 0 radical (unpaired) electrons. The third-order valence-corrected chi connectivity index (χ3v) is 1.98. The largest absolute Gasteiger partial charge is 0.277 e. The van der Waals surface area contributed by atoms with Gasteiger partial charge in [0.25, 0.3) is 5.56 Å². The lowest BCUT2D eigenvalue weighted by atomic mass is 10.2. The van der Waals surface area contributed by atoms with Crippen LogP contribution >= 0.6 is 0 Å². The summed E-state index contributed by atoms with van der Waals surface area (Å²) in [5, 5.41) is 7.84. The van der Waals surface area contributed by atoms with Crippen LogP contribution < -0.4 is 5.56 Å². The van der Waals surface area contributed by atoms with Crippen molar-refractivity contribution in [1.29, 1.82) is 0 Å². The van der Waals surface area contributed by atoms with E-state index in [1.807, 2.05) is 26.8 Å². The van der Waals surface area contributed by atoms with Crippen molar-refractivity contribution in [2.24, 2.45) is 0 Å². The highest BCUT2D eigenvalue weighted by Gasteiger charge is 2.09. The Morgan fingerprint density at radius 2 is 2.13 bits per heavy atom. The van der Waals surface area contributed by atoms with Crippen LogP contribution in [-0.4, -0.2) is 15.0 Å². The maximum Gasteiger partial charge on any atom is 0.277 e. The Hall–Kier alpha value is -1.71. The van der Waals surface area contributed by atoms with Crippen molar-refractivity contribution in [2.75, 3.05) is 0 Å². The van der Waals surface area contributed by atoms with E-state index in [1.54, 1.807) is 6.08 Å². The Balaban J connectivity index is 3.46. The normalized spacial score (nSPS) is 11.2. The summed E-state index contributed by atoms with van der Waals surface area (Å²) in [5.41, 5.74) is 0.911. The highest BCUT2D eigenvalue weighted by molar-refractivity contribution is 5.59. The van der Waals surface area contributed by atoms with E-state index < -0.39 is 0 Å². The van der Waals surface area contributed by atoms with Gasteiger partial charge in [-0.1, -0.05) is 23.9 Å². The molecule has 0 amide bonds. The summed E-state index contributed by atoms with van der Waals surface area (Å²) in [7, 11) is 0. The van der Waals surface area contributed by atoms with Crippen molar-refractivity contribution in [1.82, 2.24) is 15.0 Å². The molecule has 0 unspecified atom stereocenters. The maximum atomic E-state index is 11.9. The van der Waals surface area contributed by atoms with Crippen LogP contribution in [0.4, 0.5) is 0 Å². The molecule has 0 bridgehead atoms. The van der Waals surface area contributed by atoms with E-state index in [-0.39, 0.29) is 11.6 Å². The number of rotatable bonds is 3. The molecule has 0 fully saturated rings. The SMILES string of the molecule is C=Cc1c(/C=C\C)nnn(C(C)C)c1=O. The predicted octanol–water partition coefficient (Wildman–Crippen LogP) is 1.90. The standard InChI is InChI=1S/C11H15N3O/c1-5-7-10-9(6-2)11(15)14(8(3)4)13-12-10/h5-8H,2H2,1,3-4H3/b7-5-. The van der Waals surface area contributed by atoms with E-state index in [9.17, 15) is 4.79 Å². The first-order valence-electron chi connectivity index (χ1n) is 4.86. The Kier molecular flexibility index (Phi) is 3.55. The Morgan fingerprint density at radius 1 is 1.47 bits per heavy atom.